The fourth-order valence-corrected chi connectivity index (χ4v) is 5.14. The number of methoxy groups -OCH3 is 1. The number of nitriles is 1. The van der Waals surface area contributed by atoms with Gasteiger partial charge in [0.05, 0.1) is 51.3 Å². The Morgan fingerprint density at radius 1 is 1.15 bits per heavy atom. The summed E-state index contributed by atoms with van der Waals surface area (Å²) in [6.45, 7) is 0. The number of benzene rings is 2. The Labute approximate surface area is 239 Å². The van der Waals surface area contributed by atoms with E-state index in [1.807, 2.05) is 17.3 Å². The topological polar surface area (TPSA) is 110 Å². The lowest BCUT2D eigenvalue weighted by Crippen LogP contribution is -2.38. The second-order valence-electron chi connectivity index (χ2n) is 9.41. The first-order chi connectivity index (χ1) is 19.4. The number of hydrogen-bond acceptors (Lipinski definition) is 9. The molecule has 9 nitrogen and oxygen atoms in total. The van der Waals surface area contributed by atoms with Crippen LogP contribution in [0.25, 0.3) is 10.9 Å². The lowest BCUT2D eigenvalue weighted by Gasteiger charge is -2.22. The van der Waals surface area contributed by atoms with E-state index in [4.69, 9.17) is 27.9 Å². The Kier molecular flexibility index (Phi) is 6.94. The molecule has 1 aliphatic heterocycles. The van der Waals surface area contributed by atoms with E-state index in [0.29, 0.717) is 55.4 Å². The number of aromatic nitrogens is 2. The van der Waals surface area contributed by atoms with Gasteiger partial charge in [-0.2, -0.15) is 9.65 Å². The van der Waals surface area contributed by atoms with E-state index in [0.717, 1.165) is 24.1 Å². The maximum atomic E-state index is 13.7. The minimum absolute atomic E-state index is 0.312. The molecule has 0 saturated heterocycles. The van der Waals surface area contributed by atoms with Gasteiger partial charge < -0.3 is 20.8 Å². The van der Waals surface area contributed by atoms with Crippen molar-refractivity contribution in [1.29, 1.82) is 5.26 Å². The number of anilines is 3. The Morgan fingerprint density at radius 3 is 2.73 bits per heavy atom. The van der Waals surface area contributed by atoms with Gasteiger partial charge in [0.2, 0.25) is 5.95 Å². The normalized spacial score (nSPS) is 15.3. The molecule has 6 rings (SSSR count). The van der Waals surface area contributed by atoms with Crippen LogP contribution in [0, 0.1) is 17.3 Å². The van der Waals surface area contributed by atoms with Gasteiger partial charge in [-0.1, -0.05) is 35.3 Å². The van der Waals surface area contributed by atoms with Crippen molar-refractivity contribution in [3.8, 4) is 11.8 Å². The van der Waals surface area contributed by atoms with Crippen LogP contribution < -0.4 is 26.3 Å². The number of para-hydroxylation sites is 1. The first kappa shape index (κ1) is 26.0. The zero-order valence-electron chi connectivity index (χ0n) is 21.2. The number of hydrazine groups is 2. The van der Waals surface area contributed by atoms with Gasteiger partial charge in [-0.05, 0) is 48.7 Å². The molecule has 202 valence electrons. The number of halogens is 3. The highest BCUT2D eigenvalue weighted by molar-refractivity contribution is 6.36. The molecule has 1 saturated carbocycles. The van der Waals surface area contributed by atoms with E-state index >= 15 is 0 Å². The molecule has 3 heterocycles. The van der Waals surface area contributed by atoms with Crippen molar-refractivity contribution in [1.82, 2.24) is 25.9 Å². The van der Waals surface area contributed by atoms with Gasteiger partial charge in [-0.15, -0.1) is 5.53 Å². The lowest BCUT2D eigenvalue weighted by atomic mass is 10.0. The van der Waals surface area contributed by atoms with Crippen molar-refractivity contribution in [2.24, 2.45) is 0 Å². The molecule has 4 N–H and O–H groups in total. The third kappa shape index (κ3) is 5.02. The molecular formula is C28H23Cl2FN8O. The van der Waals surface area contributed by atoms with E-state index in [1.165, 1.54) is 25.6 Å². The molecule has 0 bridgehead atoms. The first-order valence-corrected chi connectivity index (χ1v) is 13.2. The molecule has 0 amide bonds. The summed E-state index contributed by atoms with van der Waals surface area (Å²) in [6, 6.07) is 14.1. The molecule has 1 aliphatic carbocycles. The van der Waals surface area contributed by atoms with Crippen molar-refractivity contribution in [2.75, 3.05) is 17.7 Å². The fraction of sp³-hybridized carbons (Fsp3) is 0.179. The van der Waals surface area contributed by atoms with Gasteiger partial charge in [0.15, 0.2) is 5.75 Å². The summed E-state index contributed by atoms with van der Waals surface area (Å²) in [5.41, 5.74) is 10.5. The van der Waals surface area contributed by atoms with E-state index < -0.39 is 12.0 Å². The van der Waals surface area contributed by atoms with Crippen LogP contribution in [0.1, 0.15) is 30.0 Å². The fourth-order valence-electron chi connectivity index (χ4n) is 4.62. The second-order valence-corrected chi connectivity index (χ2v) is 10.2. The zero-order chi connectivity index (χ0) is 27.8. The Balaban J connectivity index is 1.43. The number of rotatable bonds is 8. The average molecular weight is 577 g/mol. The predicted molar refractivity (Wildman–Crippen MR) is 153 cm³/mol. The third-order valence-corrected chi connectivity index (χ3v) is 7.32. The molecule has 1 atom stereocenters. The quantitative estimate of drug-likeness (QED) is 0.183. The van der Waals surface area contributed by atoms with E-state index in [-0.39, 0.29) is 0 Å². The van der Waals surface area contributed by atoms with Gasteiger partial charge in [0, 0.05) is 35.7 Å². The monoisotopic (exact) mass is 576 g/mol. The Bertz CT molecular complexity index is 1670. The van der Waals surface area contributed by atoms with Crippen LogP contribution in [0.4, 0.5) is 21.5 Å². The van der Waals surface area contributed by atoms with Gasteiger partial charge in [-0.25, -0.2) is 4.98 Å². The molecule has 0 radical (unpaired) electrons. The molecule has 1 unspecified atom stereocenters. The van der Waals surface area contributed by atoms with Crippen LogP contribution in [0.5, 0.6) is 5.75 Å². The number of nitrogens with one attached hydrogen (secondary N) is 4. The minimum Gasteiger partial charge on any atom is -0.493 e. The van der Waals surface area contributed by atoms with Crippen molar-refractivity contribution < 1.29 is 9.13 Å². The predicted octanol–water partition coefficient (Wildman–Crippen LogP) is 6.18. The number of hydrogen-bond donors (Lipinski definition) is 4. The van der Waals surface area contributed by atoms with Crippen LogP contribution in [0.15, 0.2) is 66.8 Å². The van der Waals surface area contributed by atoms with Gasteiger partial charge in [0.25, 0.3) is 0 Å². The number of fused-ring (bicyclic) bond motifs is 1. The van der Waals surface area contributed by atoms with E-state index in [1.54, 1.807) is 30.3 Å². The molecule has 1 fully saturated rings. The van der Waals surface area contributed by atoms with Gasteiger partial charge >= 0.3 is 0 Å². The van der Waals surface area contributed by atoms with Gasteiger partial charge in [0.1, 0.15) is 6.07 Å². The number of nitrogens with zero attached hydrogens (tertiary/aromatic N) is 4. The molecule has 4 aromatic rings. The summed E-state index contributed by atoms with van der Waals surface area (Å²) in [6.07, 6.45) is 7.17. The first-order valence-electron chi connectivity index (χ1n) is 12.5. The summed E-state index contributed by atoms with van der Waals surface area (Å²) in [4.78, 5) is 8.30. The highest BCUT2D eigenvalue weighted by Crippen LogP contribution is 2.40. The number of pyridine rings is 2. The zero-order valence-corrected chi connectivity index (χ0v) is 22.7. The van der Waals surface area contributed by atoms with Crippen molar-refractivity contribution >= 4 is 51.2 Å². The molecule has 2 aromatic carbocycles. The van der Waals surface area contributed by atoms with E-state index in [2.05, 4.69) is 37.6 Å². The summed E-state index contributed by atoms with van der Waals surface area (Å²) < 4.78 is 19.2. The van der Waals surface area contributed by atoms with Crippen LogP contribution >= 0.6 is 23.2 Å². The molecule has 2 aromatic heterocycles. The summed E-state index contributed by atoms with van der Waals surface area (Å²) >= 11 is 13.1. The van der Waals surface area contributed by atoms with Crippen LogP contribution in [0.3, 0.4) is 0 Å². The largest absolute Gasteiger partial charge is 0.493 e. The van der Waals surface area contributed by atoms with E-state index in [9.17, 15) is 9.65 Å². The summed E-state index contributed by atoms with van der Waals surface area (Å²) in [7, 11) is 1.52. The maximum Gasteiger partial charge on any atom is 0.212 e. The highest BCUT2D eigenvalue weighted by Gasteiger charge is 2.32. The van der Waals surface area contributed by atoms with Crippen molar-refractivity contribution in [3.05, 3.63) is 93.9 Å². The number of ether oxygens (including phenoxy) is 1. The van der Waals surface area contributed by atoms with Gasteiger partial charge in [-0.3, -0.25) is 9.99 Å². The molecular weight excluding hydrogens is 554 g/mol. The van der Waals surface area contributed by atoms with Crippen LogP contribution in [0.2, 0.25) is 10.0 Å². The standard InChI is InChI=1S/C28H23Cl2FN8O/c1-40-28-20(29)3-2-4-22(28)36-25-16(11-32)13-34-27-19(25)9-17(10-21(27)30)35-26(15-5-8-24(31)33-12-15)23-14-39(38-37-23)18-6-7-18/h2-5,8-10,12-14,18,26,35,37-38H,6-7H2,1H3,(H,34,36). The molecule has 2 aliphatic rings. The Morgan fingerprint density at radius 2 is 2.00 bits per heavy atom. The molecule has 12 heteroatoms. The van der Waals surface area contributed by atoms with Crippen LogP contribution in [-0.2, 0) is 0 Å². The minimum atomic E-state index is -0.565. The average Bonchev–Trinajstić information content (AvgIpc) is 3.69. The van der Waals surface area contributed by atoms with Crippen molar-refractivity contribution in [3.63, 3.8) is 0 Å². The molecule has 0 spiro atoms. The lowest BCUT2D eigenvalue weighted by molar-refractivity contribution is 0.260. The SMILES string of the molecule is COc1c(Cl)cccc1Nc1c(C#N)cnc2c(Cl)cc(NC(C3=CN(C4CC4)NN3)c3ccc(F)nc3)cc12. The third-order valence-electron chi connectivity index (χ3n) is 6.73. The smallest absolute Gasteiger partial charge is 0.212 e. The van der Waals surface area contributed by atoms with Crippen LogP contribution in [-0.4, -0.2) is 28.1 Å². The highest BCUT2D eigenvalue weighted by atomic mass is 35.5. The molecule has 40 heavy (non-hydrogen) atoms. The summed E-state index contributed by atoms with van der Waals surface area (Å²) in [5, 5.41) is 20.2. The maximum absolute atomic E-state index is 13.7. The Hall–Kier alpha value is -4.30. The second kappa shape index (κ2) is 10.7. The van der Waals surface area contributed by atoms with Crippen molar-refractivity contribution in [2.45, 2.75) is 24.9 Å². The summed E-state index contributed by atoms with van der Waals surface area (Å²) in [5.74, 6) is -0.126.